The molecule has 0 radical (unpaired) electrons. The first kappa shape index (κ1) is 11.4. The first-order valence-electron chi connectivity index (χ1n) is 5.33. The number of carbonyl (C=O) groups excluding carboxylic acids is 1. The topological polar surface area (TPSA) is 68.4 Å². The number of esters is 1. The van der Waals surface area contributed by atoms with Gasteiger partial charge >= 0.3 is 5.97 Å². The number of pyridine rings is 1. The van der Waals surface area contributed by atoms with Gasteiger partial charge in [-0.1, -0.05) is 6.92 Å². The summed E-state index contributed by atoms with van der Waals surface area (Å²) in [7, 11) is 1.28. The molecule has 0 unspecified atom stereocenters. The van der Waals surface area contributed by atoms with E-state index in [4.69, 9.17) is 4.74 Å². The minimum Gasteiger partial charge on any atom is -0.496 e. The lowest BCUT2D eigenvalue weighted by atomic mass is 9.98. The minimum absolute atomic E-state index is 0.164. The van der Waals surface area contributed by atoms with Crippen LogP contribution in [0.15, 0.2) is 17.1 Å². The molecule has 0 aliphatic carbocycles. The third-order valence-corrected chi connectivity index (χ3v) is 2.72. The average molecular weight is 235 g/mol. The minimum atomic E-state index is -0.549. The Hall–Kier alpha value is -2.04. The lowest BCUT2D eigenvalue weighted by Gasteiger charge is -2.17. The molecular weight excluding hydrogens is 222 g/mol. The zero-order chi connectivity index (χ0) is 12.4. The summed E-state index contributed by atoms with van der Waals surface area (Å²) in [5.74, 6) is -0.549. The van der Waals surface area contributed by atoms with E-state index in [-0.39, 0.29) is 17.9 Å². The van der Waals surface area contributed by atoms with Gasteiger partial charge in [-0.05, 0) is 23.6 Å². The van der Waals surface area contributed by atoms with Crippen LogP contribution in [0.3, 0.4) is 0 Å². The molecule has 1 aromatic rings. The number of aromatic amines is 1. The number of aromatic nitrogens is 1. The molecule has 2 rings (SSSR count). The van der Waals surface area contributed by atoms with Crippen molar-refractivity contribution in [1.82, 2.24) is 4.98 Å². The summed E-state index contributed by atoms with van der Waals surface area (Å²) in [6, 6.07) is 1.64. The van der Waals surface area contributed by atoms with Crippen LogP contribution in [0.2, 0.25) is 0 Å². The Kier molecular flexibility index (Phi) is 2.99. The summed E-state index contributed by atoms with van der Waals surface area (Å²) < 4.78 is 9.80. The predicted molar refractivity (Wildman–Crippen MR) is 61.5 cm³/mol. The summed E-state index contributed by atoms with van der Waals surface area (Å²) in [5.41, 5.74) is 2.09. The van der Waals surface area contributed by atoms with Crippen molar-refractivity contribution in [2.45, 2.75) is 20.0 Å². The predicted octanol–water partition coefficient (Wildman–Crippen LogP) is 1.44. The molecule has 0 atom stereocenters. The highest BCUT2D eigenvalue weighted by Crippen LogP contribution is 2.25. The Labute approximate surface area is 98.1 Å². The van der Waals surface area contributed by atoms with Crippen molar-refractivity contribution in [1.29, 1.82) is 0 Å². The van der Waals surface area contributed by atoms with Gasteiger partial charge < -0.3 is 14.5 Å². The molecule has 2 heterocycles. The summed E-state index contributed by atoms with van der Waals surface area (Å²) in [5, 5.41) is 0. The first-order chi connectivity index (χ1) is 8.17. The Morgan fingerprint density at radius 1 is 1.59 bits per heavy atom. The van der Waals surface area contributed by atoms with Crippen LogP contribution in [-0.2, 0) is 16.1 Å². The van der Waals surface area contributed by atoms with Crippen LogP contribution in [0.5, 0.6) is 0 Å². The maximum atomic E-state index is 11.8. The molecule has 90 valence electrons. The van der Waals surface area contributed by atoms with E-state index in [1.54, 1.807) is 12.3 Å². The molecule has 1 N–H and O–H groups in total. The number of rotatable bonds is 2. The Balaban J connectivity index is 2.60. The van der Waals surface area contributed by atoms with Gasteiger partial charge in [0, 0.05) is 0 Å². The Morgan fingerprint density at radius 2 is 2.35 bits per heavy atom. The zero-order valence-electron chi connectivity index (χ0n) is 9.70. The number of allylic oxidation sites excluding steroid dienone is 1. The number of nitrogens with one attached hydrogen (secondary N) is 1. The van der Waals surface area contributed by atoms with Gasteiger partial charge in [0.2, 0.25) is 0 Å². The fraction of sp³-hybridized carbons (Fsp3) is 0.333. The van der Waals surface area contributed by atoms with Gasteiger partial charge in [0.1, 0.15) is 12.3 Å². The summed E-state index contributed by atoms with van der Waals surface area (Å²) in [4.78, 5) is 25.7. The average Bonchev–Trinajstić information content (AvgIpc) is 2.37. The lowest BCUT2D eigenvalue weighted by Crippen LogP contribution is -2.22. The third-order valence-electron chi connectivity index (χ3n) is 2.72. The van der Waals surface area contributed by atoms with Crippen LogP contribution in [-0.4, -0.2) is 18.1 Å². The smallest absolute Gasteiger partial charge is 0.354 e. The standard InChI is InChI=1S/C12H13NO4/c1-3-7-5-17-6-9-8(7)4-10(12(15)16-2)13-11(9)14/h4-5H,3,6H2,1-2H3,(H,13,14). The number of H-pyrrole nitrogens is 1. The van der Waals surface area contributed by atoms with Crippen LogP contribution >= 0.6 is 0 Å². The van der Waals surface area contributed by atoms with Gasteiger partial charge in [-0.2, -0.15) is 0 Å². The molecule has 0 amide bonds. The number of carbonyl (C=O) groups is 1. The SMILES string of the molecule is CCC1=COCc2c1cc(C(=O)OC)[nH]c2=O. The second-order valence-corrected chi connectivity index (χ2v) is 3.70. The molecule has 17 heavy (non-hydrogen) atoms. The van der Waals surface area contributed by atoms with E-state index in [1.165, 1.54) is 7.11 Å². The second-order valence-electron chi connectivity index (χ2n) is 3.70. The second kappa shape index (κ2) is 4.45. The van der Waals surface area contributed by atoms with Crippen LogP contribution in [0, 0.1) is 0 Å². The van der Waals surface area contributed by atoms with E-state index >= 15 is 0 Å². The molecule has 0 aromatic carbocycles. The van der Waals surface area contributed by atoms with Crippen LogP contribution in [0.4, 0.5) is 0 Å². The fourth-order valence-corrected chi connectivity index (χ4v) is 1.80. The third kappa shape index (κ3) is 1.95. The number of methoxy groups -OCH3 is 1. The number of hydrogen-bond acceptors (Lipinski definition) is 4. The van der Waals surface area contributed by atoms with Gasteiger partial charge in [0.05, 0.1) is 18.9 Å². The molecule has 0 fully saturated rings. The molecule has 0 saturated carbocycles. The lowest BCUT2D eigenvalue weighted by molar-refractivity contribution is 0.0593. The normalized spacial score (nSPS) is 13.4. The van der Waals surface area contributed by atoms with E-state index < -0.39 is 5.97 Å². The summed E-state index contributed by atoms with van der Waals surface area (Å²) in [6.45, 7) is 2.19. The van der Waals surface area contributed by atoms with Crippen LogP contribution < -0.4 is 5.56 Å². The summed E-state index contributed by atoms with van der Waals surface area (Å²) >= 11 is 0. The monoisotopic (exact) mass is 235 g/mol. The fourth-order valence-electron chi connectivity index (χ4n) is 1.80. The van der Waals surface area contributed by atoms with E-state index in [2.05, 4.69) is 9.72 Å². The number of ether oxygens (including phenoxy) is 2. The van der Waals surface area contributed by atoms with Crippen LogP contribution in [0.1, 0.15) is 35.0 Å². The van der Waals surface area contributed by atoms with Crippen molar-refractivity contribution < 1.29 is 14.3 Å². The molecule has 1 aliphatic heterocycles. The van der Waals surface area contributed by atoms with E-state index in [0.29, 0.717) is 5.56 Å². The molecule has 0 spiro atoms. The van der Waals surface area contributed by atoms with Gasteiger partial charge in [-0.25, -0.2) is 4.79 Å². The van der Waals surface area contributed by atoms with Gasteiger partial charge in [-0.15, -0.1) is 0 Å². The number of hydrogen-bond donors (Lipinski definition) is 1. The van der Waals surface area contributed by atoms with E-state index in [9.17, 15) is 9.59 Å². The van der Waals surface area contributed by atoms with Crippen molar-refractivity contribution in [3.05, 3.63) is 39.5 Å². The first-order valence-corrected chi connectivity index (χ1v) is 5.33. The molecule has 5 heteroatoms. The highest BCUT2D eigenvalue weighted by atomic mass is 16.5. The van der Waals surface area contributed by atoms with Crippen molar-refractivity contribution >= 4 is 11.5 Å². The van der Waals surface area contributed by atoms with Crippen molar-refractivity contribution in [3.8, 4) is 0 Å². The van der Waals surface area contributed by atoms with E-state index in [0.717, 1.165) is 17.6 Å². The quantitative estimate of drug-likeness (QED) is 0.787. The highest BCUT2D eigenvalue weighted by molar-refractivity contribution is 5.88. The Bertz CT molecular complexity index is 542. The van der Waals surface area contributed by atoms with Gasteiger partial charge in [0.15, 0.2) is 0 Å². The molecular formula is C12H13NO4. The Morgan fingerprint density at radius 3 is 3.00 bits per heavy atom. The molecule has 0 bridgehead atoms. The van der Waals surface area contributed by atoms with Gasteiger partial charge in [0.25, 0.3) is 5.56 Å². The molecule has 0 saturated heterocycles. The van der Waals surface area contributed by atoms with Crippen LogP contribution in [0.25, 0.3) is 5.57 Å². The van der Waals surface area contributed by atoms with Gasteiger partial charge in [-0.3, -0.25) is 4.79 Å². The molecule has 5 nitrogen and oxygen atoms in total. The maximum absolute atomic E-state index is 11.8. The number of fused-ring (bicyclic) bond motifs is 1. The van der Waals surface area contributed by atoms with Crippen molar-refractivity contribution in [2.75, 3.05) is 7.11 Å². The van der Waals surface area contributed by atoms with Crippen molar-refractivity contribution in [3.63, 3.8) is 0 Å². The van der Waals surface area contributed by atoms with Crippen molar-refractivity contribution in [2.24, 2.45) is 0 Å². The molecule has 1 aromatic heterocycles. The maximum Gasteiger partial charge on any atom is 0.354 e. The highest BCUT2D eigenvalue weighted by Gasteiger charge is 2.19. The summed E-state index contributed by atoms with van der Waals surface area (Å²) in [6.07, 6.45) is 2.36. The zero-order valence-corrected chi connectivity index (χ0v) is 9.70. The largest absolute Gasteiger partial charge is 0.496 e. The molecule has 1 aliphatic rings. The van der Waals surface area contributed by atoms with E-state index in [1.807, 2.05) is 6.92 Å².